The molecule has 0 radical (unpaired) electrons. The van der Waals surface area contributed by atoms with Crippen LogP contribution in [0, 0.1) is 0 Å². The predicted molar refractivity (Wildman–Crippen MR) is 113 cm³/mol. The average molecular weight is 379 g/mol. The Bertz CT molecular complexity index is 1260. The van der Waals surface area contributed by atoms with Gasteiger partial charge in [0.15, 0.2) is 0 Å². The quantitative estimate of drug-likeness (QED) is 0.476. The Morgan fingerprint density at radius 1 is 0.862 bits per heavy atom. The van der Waals surface area contributed by atoms with E-state index in [1.165, 1.54) is 0 Å². The minimum atomic E-state index is -0.273. The Labute approximate surface area is 166 Å². The molecule has 2 N–H and O–H groups in total. The summed E-state index contributed by atoms with van der Waals surface area (Å²) in [6.07, 6.45) is 1.75. The lowest BCUT2D eigenvalue weighted by Gasteiger charge is -2.02. The molecule has 0 spiro atoms. The van der Waals surface area contributed by atoms with E-state index in [2.05, 4.69) is 20.4 Å². The number of aromatic nitrogens is 4. The number of rotatable bonds is 4. The van der Waals surface area contributed by atoms with Crippen LogP contribution in [0.1, 0.15) is 10.4 Å². The van der Waals surface area contributed by atoms with Crippen LogP contribution >= 0.6 is 0 Å². The lowest BCUT2D eigenvalue weighted by atomic mass is 10.1. The summed E-state index contributed by atoms with van der Waals surface area (Å²) >= 11 is 0. The van der Waals surface area contributed by atoms with Crippen LogP contribution in [0.3, 0.4) is 0 Å². The van der Waals surface area contributed by atoms with Crippen LogP contribution in [0.4, 0.5) is 5.95 Å². The number of nitrogens with zero attached hydrogens (tertiary/aromatic N) is 3. The highest BCUT2D eigenvalue weighted by Gasteiger charge is 2.19. The summed E-state index contributed by atoms with van der Waals surface area (Å²) in [7, 11) is 0. The molecule has 0 atom stereocenters. The summed E-state index contributed by atoms with van der Waals surface area (Å²) in [6.45, 7) is 0. The van der Waals surface area contributed by atoms with Gasteiger partial charge in [-0.15, -0.1) is 0 Å². The summed E-state index contributed by atoms with van der Waals surface area (Å²) in [5.41, 5.74) is 4.50. The Hall–Kier alpha value is -4.19. The van der Waals surface area contributed by atoms with Crippen molar-refractivity contribution in [2.45, 2.75) is 0 Å². The standard InChI is InChI=1S/C23H17N5O/c29-22(26-23-24-19-13-7-8-14-20(19)25-23)18-15-28(17-11-5-2-6-12-17)27-21(18)16-9-3-1-4-10-16/h1-15H,(H2,24,25,26,29). The zero-order chi connectivity index (χ0) is 19.6. The van der Waals surface area contributed by atoms with Gasteiger partial charge in [-0.1, -0.05) is 60.7 Å². The van der Waals surface area contributed by atoms with Gasteiger partial charge in [0.25, 0.3) is 5.91 Å². The molecule has 140 valence electrons. The molecule has 2 aromatic heterocycles. The van der Waals surface area contributed by atoms with Crippen LogP contribution in [0.5, 0.6) is 0 Å². The Morgan fingerprint density at radius 2 is 1.55 bits per heavy atom. The molecule has 0 saturated carbocycles. The smallest absolute Gasteiger partial charge is 0.261 e. The average Bonchev–Trinajstić information content (AvgIpc) is 3.39. The molecule has 5 rings (SSSR count). The van der Waals surface area contributed by atoms with Crippen molar-refractivity contribution < 1.29 is 4.79 Å². The number of aromatic amines is 1. The van der Waals surface area contributed by atoms with Gasteiger partial charge in [-0.2, -0.15) is 5.10 Å². The summed E-state index contributed by atoms with van der Waals surface area (Å²) in [5, 5.41) is 7.55. The molecule has 1 amide bonds. The van der Waals surface area contributed by atoms with Crippen LogP contribution in [0.25, 0.3) is 28.0 Å². The molecule has 29 heavy (non-hydrogen) atoms. The predicted octanol–water partition coefficient (Wildman–Crippen LogP) is 4.67. The molecule has 0 saturated heterocycles. The topological polar surface area (TPSA) is 75.6 Å². The molecule has 0 aliphatic rings. The number of benzene rings is 3. The minimum absolute atomic E-state index is 0.273. The van der Waals surface area contributed by atoms with E-state index in [0.29, 0.717) is 17.2 Å². The maximum atomic E-state index is 13.1. The first-order valence-electron chi connectivity index (χ1n) is 9.24. The van der Waals surface area contributed by atoms with E-state index in [1.807, 2.05) is 84.9 Å². The second-order valence-corrected chi connectivity index (χ2v) is 6.59. The lowest BCUT2D eigenvalue weighted by molar-refractivity contribution is 0.102. The molecule has 0 aliphatic carbocycles. The molecule has 0 unspecified atom stereocenters. The third-order valence-electron chi connectivity index (χ3n) is 4.65. The van der Waals surface area contributed by atoms with Crippen molar-refractivity contribution in [2.75, 3.05) is 5.32 Å². The molecule has 2 heterocycles. The molecule has 0 bridgehead atoms. The summed E-state index contributed by atoms with van der Waals surface area (Å²) in [5.74, 6) is 0.132. The fourth-order valence-corrected chi connectivity index (χ4v) is 3.25. The molecule has 5 aromatic rings. The van der Waals surface area contributed by atoms with Crippen LogP contribution in [0.2, 0.25) is 0 Å². The molecule has 6 nitrogen and oxygen atoms in total. The molecule has 0 fully saturated rings. The van der Waals surface area contributed by atoms with E-state index in [-0.39, 0.29) is 5.91 Å². The number of hydrogen-bond acceptors (Lipinski definition) is 3. The van der Waals surface area contributed by atoms with Crippen molar-refractivity contribution in [1.29, 1.82) is 0 Å². The molecule has 3 aromatic carbocycles. The lowest BCUT2D eigenvalue weighted by Crippen LogP contribution is -2.13. The number of hydrogen-bond donors (Lipinski definition) is 2. The van der Waals surface area contributed by atoms with Crippen LogP contribution in [0.15, 0.2) is 91.1 Å². The fraction of sp³-hybridized carbons (Fsp3) is 0. The number of H-pyrrole nitrogens is 1. The maximum Gasteiger partial charge on any atom is 0.261 e. The van der Waals surface area contributed by atoms with E-state index in [4.69, 9.17) is 0 Å². The zero-order valence-electron chi connectivity index (χ0n) is 15.4. The monoisotopic (exact) mass is 379 g/mol. The first-order chi connectivity index (χ1) is 14.3. The van der Waals surface area contributed by atoms with Crippen molar-refractivity contribution in [3.8, 4) is 16.9 Å². The second kappa shape index (κ2) is 7.09. The Balaban J connectivity index is 1.55. The number of nitrogens with one attached hydrogen (secondary N) is 2. The van der Waals surface area contributed by atoms with E-state index in [1.54, 1.807) is 10.9 Å². The Morgan fingerprint density at radius 3 is 2.31 bits per heavy atom. The van der Waals surface area contributed by atoms with E-state index >= 15 is 0 Å². The van der Waals surface area contributed by atoms with Gasteiger partial charge in [0.1, 0.15) is 5.69 Å². The maximum absolute atomic E-state index is 13.1. The molecular formula is C23H17N5O. The van der Waals surface area contributed by atoms with Crippen molar-refractivity contribution >= 4 is 22.9 Å². The molecular weight excluding hydrogens is 362 g/mol. The SMILES string of the molecule is O=C(Nc1nc2ccccc2[nH]1)c1cn(-c2ccccc2)nc1-c1ccccc1. The van der Waals surface area contributed by atoms with Gasteiger partial charge in [0.05, 0.1) is 22.3 Å². The first kappa shape index (κ1) is 16.9. The highest BCUT2D eigenvalue weighted by Crippen LogP contribution is 2.24. The van der Waals surface area contributed by atoms with Crippen LogP contribution in [-0.2, 0) is 0 Å². The number of para-hydroxylation sites is 3. The van der Waals surface area contributed by atoms with Gasteiger partial charge in [0, 0.05) is 11.8 Å². The fourth-order valence-electron chi connectivity index (χ4n) is 3.25. The minimum Gasteiger partial charge on any atom is -0.324 e. The highest BCUT2D eigenvalue weighted by atomic mass is 16.1. The number of fused-ring (bicyclic) bond motifs is 1. The van der Waals surface area contributed by atoms with Gasteiger partial charge < -0.3 is 4.98 Å². The summed E-state index contributed by atoms with van der Waals surface area (Å²) < 4.78 is 1.72. The molecule has 0 aliphatic heterocycles. The van der Waals surface area contributed by atoms with Gasteiger partial charge in [-0.05, 0) is 24.3 Å². The van der Waals surface area contributed by atoms with Crippen molar-refractivity contribution in [2.24, 2.45) is 0 Å². The number of carbonyl (C=O) groups is 1. The van der Waals surface area contributed by atoms with E-state index < -0.39 is 0 Å². The summed E-state index contributed by atoms with van der Waals surface area (Å²) in [4.78, 5) is 20.7. The van der Waals surface area contributed by atoms with Gasteiger partial charge in [0.2, 0.25) is 5.95 Å². The zero-order valence-corrected chi connectivity index (χ0v) is 15.4. The van der Waals surface area contributed by atoms with Gasteiger partial charge in [-0.3, -0.25) is 10.1 Å². The second-order valence-electron chi connectivity index (χ2n) is 6.59. The van der Waals surface area contributed by atoms with Crippen molar-refractivity contribution in [3.63, 3.8) is 0 Å². The third-order valence-corrected chi connectivity index (χ3v) is 4.65. The van der Waals surface area contributed by atoms with Gasteiger partial charge in [-0.25, -0.2) is 9.67 Å². The van der Waals surface area contributed by atoms with Crippen molar-refractivity contribution in [1.82, 2.24) is 19.7 Å². The normalized spacial score (nSPS) is 10.9. The number of carbonyl (C=O) groups excluding carboxylic acids is 1. The summed E-state index contributed by atoms with van der Waals surface area (Å²) in [6, 6.07) is 27.0. The largest absolute Gasteiger partial charge is 0.324 e. The van der Waals surface area contributed by atoms with E-state index in [9.17, 15) is 4.79 Å². The number of anilines is 1. The van der Waals surface area contributed by atoms with Gasteiger partial charge >= 0.3 is 0 Å². The highest BCUT2D eigenvalue weighted by molar-refractivity contribution is 6.07. The van der Waals surface area contributed by atoms with E-state index in [0.717, 1.165) is 22.3 Å². The molecule has 6 heteroatoms. The first-order valence-corrected chi connectivity index (χ1v) is 9.24. The van der Waals surface area contributed by atoms with Crippen LogP contribution < -0.4 is 5.32 Å². The van der Waals surface area contributed by atoms with Crippen molar-refractivity contribution in [3.05, 3.63) is 96.7 Å². The number of imidazole rings is 1. The third kappa shape index (κ3) is 3.27. The Kier molecular flexibility index (Phi) is 4.14. The number of amides is 1. The van der Waals surface area contributed by atoms with Crippen LogP contribution in [-0.4, -0.2) is 25.7 Å².